The van der Waals surface area contributed by atoms with Gasteiger partial charge in [0, 0.05) is 6.07 Å². The van der Waals surface area contributed by atoms with Gasteiger partial charge in [-0.25, -0.2) is 0 Å². The molecule has 0 unspecified atom stereocenters. The molecule has 0 heterocycles. The number of rotatable bonds is 7. The van der Waals surface area contributed by atoms with Crippen LogP contribution in [0.1, 0.15) is 63.9 Å². The summed E-state index contributed by atoms with van der Waals surface area (Å²) in [5, 5.41) is 0. The van der Waals surface area contributed by atoms with Crippen molar-refractivity contribution in [3.63, 3.8) is 0 Å². The van der Waals surface area contributed by atoms with Gasteiger partial charge in [0.05, 0.1) is 0 Å². The molecule has 16 heavy (non-hydrogen) atoms. The van der Waals surface area contributed by atoms with Crippen LogP contribution >= 0.6 is 0 Å². The lowest BCUT2D eigenvalue weighted by atomic mass is 9.89. The first-order valence-electron chi connectivity index (χ1n) is 6.69. The molecule has 1 rings (SSSR count). The van der Waals surface area contributed by atoms with Gasteiger partial charge in [0.25, 0.3) is 0 Å². The molecule has 0 aromatic heterocycles. The monoisotopic (exact) mass is 220 g/mol. The second-order valence-corrected chi connectivity index (χ2v) is 4.73. The van der Waals surface area contributed by atoms with Crippen LogP contribution in [-0.2, 0) is 0 Å². The van der Waals surface area contributed by atoms with Gasteiger partial charge in [0.15, 0.2) is 0 Å². The van der Waals surface area contributed by atoms with Crippen molar-refractivity contribution < 1.29 is 5.73 Å². The molecule has 3 N–H and O–H groups in total. The zero-order valence-corrected chi connectivity index (χ0v) is 10.8. The van der Waals surface area contributed by atoms with E-state index in [9.17, 15) is 0 Å². The maximum atomic E-state index is 4.02. The molecule has 0 aliphatic heterocycles. The highest BCUT2D eigenvalue weighted by atomic mass is 14.5. The Kier molecular flexibility index (Phi) is 6.17. The molecular formula is C15H26N+. The van der Waals surface area contributed by atoms with Gasteiger partial charge >= 0.3 is 0 Å². The number of quaternary nitrogens is 1. The summed E-state index contributed by atoms with van der Waals surface area (Å²) < 4.78 is 0. The van der Waals surface area contributed by atoms with Crippen molar-refractivity contribution in [2.75, 3.05) is 0 Å². The second-order valence-electron chi connectivity index (χ2n) is 4.73. The molecule has 1 heteroatoms. The highest BCUT2D eigenvalue weighted by Crippen LogP contribution is 2.28. The van der Waals surface area contributed by atoms with E-state index < -0.39 is 0 Å². The van der Waals surface area contributed by atoms with E-state index in [2.05, 4.69) is 43.8 Å². The van der Waals surface area contributed by atoms with Crippen LogP contribution < -0.4 is 5.73 Å². The Morgan fingerprint density at radius 1 is 1.06 bits per heavy atom. The number of unbranched alkanes of at least 4 members (excludes halogenated alkanes) is 2. The van der Waals surface area contributed by atoms with Crippen LogP contribution in [-0.4, -0.2) is 0 Å². The molecule has 1 nitrogen and oxygen atoms in total. The molecule has 0 aliphatic rings. The molecule has 0 fully saturated rings. The summed E-state index contributed by atoms with van der Waals surface area (Å²) in [7, 11) is 0. The minimum absolute atomic E-state index is 0.751. The molecule has 1 aromatic rings. The van der Waals surface area contributed by atoms with Crippen LogP contribution in [0.5, 0.6) is 0 Å². The fourth-order valence-corrected chi connectivity index (χ4v) is 2.23. The fraction of sp³-hybridized carbons (Fsp3) is 0.600. The van der Waals surface area contributed by atoms with Crippen molar-refractivity contribution in [3.8, 4) is 0 Å². The third-order valence-electron chi connectivity index (χ3n) is 3.23. The Hall–Kier alpha value is -0.820. The fourth-order valence-electron chi connectivity index (χ4n) is 2.23. The standard InChI is InChI=1S/C15H25N/c1-3-5-8-13(9-6-4-2)14-10-7-11-15(16)12-14/h7,10-13H,3-6,8-9,16H2,1-2H3/p+1. The summed E-state index contributed by atoms with van der Waals surface area (Å²) in [5.41, 5.74) is 6.67. The zero-order valence-electron chi connectivity index (χ0n) is 10.8. The third-order valence-corrected chi connectivity index (χ3v) is 3.23. The number of hydrogen-bond acceptors (Lipinski definition) is 0. The van der Waals surface area contributed by atoms with E-state index in [1.54, 1.807) is 0 Å². The van der Waals surface area contributed by atoms with Crippen LogP contribution in [0, 0.1) is 0 Å². The largest absolute Gasteiger partial charge is 0.325 e. The first-order chi connectivity index (χ1) is 7.77. The van der Waals surface area contributed by atoms with Crippen LogP contribution in [0.15, 0.2) is 24.3 Å². The highest BCUT2D eigenvalue weighted by Gasteiger charge is 2.11. The average molecular weight is 220 g/mol. The molecule has 1 aromatic carbocycles. The molecule has 0 bridgehead atoms. The van der Waals surface area contributed by atoms with E-state index in [1.165, 1.54) is 44.1 Å². The van der Waals surface area contributed by atoms with E-state index in [0.29, 0.717) is 0 Å². The van der Waals surface area contributed by atoms with E-state index in [4.69, 9.17) is 0 Å². The molecule has 0 radical (unpaired) electrons. The first-order valence-corrected chi connectivity index (χ1v) is 6.69. The highest BCUT2D eigenvalue weighted by molar-refractivity contribution is 5.34. The molecule has 0 spiro atoms. The van der Waals surface area contributed by atoms with E-state index in [-0.39, 0.29) is 0 Å². The van der Waals surface area contributed by atoms with Crippen LogP contribution in [0.2, 0.25) is 0 Å². The minimum Gasteiger partial charge on any atom is -0.325 e. The SMILES string of the molecule is CCCCC(CCCC)c1cccc([NH3+])c1. The Balaban J connectivity index is 2.66. The smallest absolute Gasteiger partial charge is 0.128 e. The van der Waals surface area contributed by atoms with Crippen molar-refractivity contribution in [1.82, 2.24) is 0 Å². The van der Waals surface area contributed by atoms with Gasteiger partial charge in [0.1, 0.15) is 5.69 Å². The van der Waals surface area contributed by atoms with Crippen molar-refractivity contribution in [3.05, 3.63) is 29.8 Å². The Morgan fingerprint density at radius 3 is 2.19 bits per heavy atom. The van der Waals surface area contributed by atoms with Crippen molar-refractivity contribution in [2.24, 2.45) is 0 Å². The number of benzene rings is 1. The second kappa shape index (κ2) is 7.45. The average Bonchev–Trinajstić information content (AvgIpc) is 2.29. The van der Waals surface area contributed by atoms with E-state index >= 15 is 0 Å². The quantitative estimate of drug-likeness (QED) is 0.718. The summed E-state index contributed by atoms with van der Waals surface area (Å²) in [5.74, 6) is 0.751. The van der Waals surface area contributed by atoms with Crippen LogP contribution in [0.4, 0.5) is 5.69 Å². The van der Waals surface area contributed by atoms with Gasteiger partial charge in [-0.3, -0.25) is 0 Å². The van der Waals surface area contributed by atoms with Crippen molar-refractivity contribution in [1.29, 1.82) is 0 Å². The zero-order chi connectivity index (χ0) is 11.8. The predicted octanol–water partition coefficient (Wildman–Crippen LogP) is 4.02. The third kappa shape index (κ3) is 4.36. The summed E-state index contributed by atoms with van der Waals surface area (Å²) in [6, 6.07) is 8.75. The maximum absolute atomic E-state index is 4.02. The molecular weight excluding hydrogens is 194 g/mol. The Labute approximate surface area is 100 Å². The molecule has 0 amide bonds. The lowest BCUT2D eigenvalue weighted by molar-refractivity contribution is -0.254. The van der Waals surface area contributed by atoms with Crippen molar-refractivity contribution >= 4 is 5.69 Å². The van der Waals surface area contributed by atoms with Gasteiger partial charge in [0.2, 0.25) is 0 Å². The number of hydrogen-bond donors (Lipinski definition) is 1. The molecule has 0 saturated heterocycles. The lowest BCUT2D eigenvalue weighted by Crippen LogP contribution is -2.40. The molecule has 90 valence electrons. The molecule has 0 saturated carbocycles. The van der Waals surface area contributed by atoms with Gasteiger partial charge in [-0.15, -0.1) is 0 Å². The Bertz CT molecular complexity index is 285. The normalized spacial score (nSPS) is 11.0. The summed E-state index contributed by atoms with van der Waals surface area (Å²) in [6.45, 7) is 4.54. The maximum Gasteiger partial charge on any atom is 0.128 e. The summed E-state index contributed by atoms with van der Waals surface area (Å²) in [6.07, 6.45) is 7.95. The van der Waals surface area contributed by atoms with E-state index in [1.807, 2.05) is 0 Å². The topological polar surface area (TPSA) is 27.6 Å². The van der Waals surface area contributed by atoms with Gasteiger partial charge < -0.3 is 5.73 Å². The molecule has 0 aliphatic carbocycles. The van der Waals surface area contributed by atoms with Crippen molar-refractivity contribution in [2.45, 2.75) is 58.3 Å². The minimum atomic E-state index is 0.751. The lowest BCUT2D eigenvalue weighted by Gasteiger charge is -2.16. The Morgan fingerprint density at radius 2 is 1.69 bits per heavy atom. The van der Waals surface area contributed by atoms with Gasteiger partial charge in [-0.2, -0.15) is 0 Å². The van der Waals surface area contributed by atoms with Gasteiger partial charge in [-0.1, -0.05) is 51.7 Å². The molecule has 0 atom stereocenters. The van der Waals surface area contributed by atoms with Gasteiger partial charge in [-0.05, 0) is 30.4 Å². The van der Waals surface area contributed by atoms with Crippen LogP contribution in [0.25, 0.3) is 0 Å². The van der Waals surface area contributed by atoms with Crippen LogP contribution in [0.3, 0.4) is 0 Å². The van der Waals surface area contributed by atoms with E-state index in [0.717, 1.165) is 11.6 Å². The summed E-state index contributed by atoms with van der Waals surface area (Å²) in [4.78, 5) is 0. The predicted molar refractivity (Wildman–Crippen MR) is 70.8 cm³/mol. The summed E-state index contributed by atoms with van der Waals surface area (Å²) >= 11 is 0. The first kappa shape index (κ1) is 13.2.